The second-order valence-electron chi connectivity index (χ2n) is 10.4. The highest BCUT2D eigenvalue weighted by Crippen LogP contribution is 2.60. The van der Waals surface area contributed by atoms with E-state index in [1.54, 1.807) is 0 Å². The highest BCUT2D eigenvalue weighted by Gasteiger charge is 2.54. The van der Waals surface area contributed by atoms with E-state index < -0.39 is 0 Å². The molecule has 3 nitrogen and oxygen atoms in total. The number of nitrogens with zero attached hydrogens (tertiary/aromatic N) is 1. The number of hydrogen-bond acceptors (Lipinski definition) is 2. The van der Waals surface area contributed by atoms with E-state index in [0.717, 1.165) is 56.7 Å². The molecule has 1 amide bonds. The molecule has 152 valence electrons. The number of hydrogen-bond donors (Lipinski definition) is 1. The Kier molecular flexibility index (Phi) is 4.99. The SMILES string of the molecule is Cc1ccc([C@H](CNC(=O)C23CC4CC(CC(C4)C2)C3)N2CCCCC2)cc1. The average Bonchev–Trinajstić information content (AvgIpc) is 2.69. The van der Waals surface area contributed by atoms with Crippen LogP contribution in [0.4, 0.5) is 0 Å². The number of nitrogens with one attached hydrogen (secondary N) is 1. The summed E-state index contributed by atoms with van der Waals surface area (Å²) in [7, 11) is 0. The Hall–Kier alpha value is -1.35. The summed E-state index contributed by atoms with van der Waals surface area (Å²) in [5, 5.41) is 3.47. The molecule has 1 atom stereocenters. The lowest BCUT2D eigenvalue weighted by Crippen LogP contribution is -2.54. The van der Waals surface area contributed by atoms with Crippen molar-refractivity contribution in [1.29, 1.82) is 0 Å². The van der Waals surface area contributed by atoms with Crippen LogP contribution in [0.25, 0.3) is 0 Å². The second-order valence-corrected chi connectivity index (χ2v) is 10.4. The zero-order valence-electron chi connectivity index (χ0n) is 17.5. The van der Waals surface area contributed by atoms with E-state index in [4.69, 9.17) is 0 Å². The van der Waals surface area contributed by atoms with Crippen LogP contribution in [0.1, 0.15) is 75.0 Å². The minimum Gasteiger partial charge on any atom is -0.354 e. The normalized spacial score (nSPS) is 35.7. The first-order chi connectivity index (χ1) is 13.6. The van der Waals surface area contributed by atoms with Gasteiger partial charge in [0.25, 0.3) is 0 Å². The van der Waals surface area contributed by atoms with Gasteiger partial charge < -0.3 is 5.32 Å². The van der Waals surface area contributed by atoms with E-state index in [-0.39, 0.29) is 5.41 Å². The molecule has 28 heavy (non-hydrogen) atoms. The molecule has 1 aliphatic heterocycles. The molecule has 6 rings (SSSR count). The summed E-state index contributed by atoms with van der Waals surface area (Å²) in [4.78, 5) is 16.0. The molecule has 4 bridgehead atoms. The predicted octanol–water partition coefficient (Wildman–Crippen LogP) is 4.85. The molecule has 4 aliphatic carbocycles. The van der Waals surface area contributed by atoms with Crippen LogP contribution in [0.5, 0.6) is 0 Å². The summed E-state index contributed by atoms with van der Waals surface area (Å²) in [5.41, 5.74) is 2.63. The van der Waals surface area contributed by atoms with Crippen LogP contribution in [0.3, 0.4) is 0 Å². The molecular formula is C25H36N2O. The zero-order valence-corrected chi connectivity index (χ0v) is 17.5. The maximum atomic E-state index is 13.4. The fourth-order valence-corrected chi connectivity index (χ4v) is 7.24. The highest BCUT2D eigenvalue weighted by molar-refractivity contribution is 5.83. The van der Waals surface area contributed by atoms with Crippen molar-refractivity contribution >= 4 is 5.91 Å². The smallest absolute Gasteiger partial charge is 0.226 e. The lowest BCUT2D eigenvalue weighted by Gasteiger charge is -2.55. The van der Waals surface area contributed by atoms with Crippen LogP contribution in [0, 0.1) is 30.1 Å². The standard InChI is InChI=1S/C25H36N2O/c1-18-5-7-22(8-6-18)23(27-9-3-2-4-10-27)17-26-24(28)25-14-19-11-20(15-25)13-21(12-19)16-25/h5-8,19-21,23H,2-4,9-17H2,1H3,(H,26,28)/t19?,20?,21?,23-,25?/m0/s1. The van der Waals surface area contributed by atoms with Gasteiger partial charge in [-0.2, -0.15) is 0 Å². The average molecular weight is 381 g/mol. The Morgan fingerprint density at radius 1 is 1.00 bits per heavy atom. The topological polar surface area (TPSA) is 32.3 Å². The summed E-state index contributed by atoms with van der Waals surface area (Å²) in [6.45, 7) is 5.23. The van der Waals surface area contributed by atoms with Crippen LogP contribution in [0.2, 0.25) is 0 Å². The number of carbonyl (C=O) groups excluding carboxylic acids is 1. The Balaban J connectivity index is 1.30. The molecule has 1 aromatic carbocycles. The molecule has 0 unspecified atom stereocenters. The maximum absolute atomic E-state index is 13.4. The molecule has 1 saturated heterocycles. The Morgan fingerprint density at radius 3 is 2.14 bits per heavy atom. The Labute approximate surface area is 170 Å². The largest absolute Gasteiger partial charge is 0.354 e. The van der Waals surface area contributed by atoms with Crippen molar-refractivity contribution in [2.24, 2.45) is 23.2 Å². The van der Waals surface area contributed by atoms with Gasteiger partial charge in [0, 0.05) is 12.0 Å². The van der Waals surface area contributed by atoms with Gasteiger partial charge in [-0.1, -0.05) is 36.2 Å². The van der Waals surface area contributed by atoms with E-state index in [9.17, 15) is 4.79 Å². The molecule has 0 spiro atoms. The third-order valence-corrected chi connectivity index (χ3v) is 8.27. The number of carbonyl (C=O) groups is 1. The predicted molar refractivity (Wildman–Crippen MR) is 113 cm³/mol. The number of benzene rings is 1. The molecule has 4 saturated carbocycles. The molecule has 1 heterocycles. The van der Waals surface area contributed by atoms with E-state index in [1.165, 1.54) is 49.7 Å². The third-order valence-electron chi connectivity index (χ3n) is 8.27. The van der Waals surface area contributed by atoms with Crippen molar-refractivity contribution in [3.63, 3.8) is 0 Å². The first kappa shape index (κ1) is 18.7. The minimum atomic E-state index is -0.0333. The van der Waals surface area contributed by atoms with Crippen molar-refractivity contribution in [3.8, 4) is 0 Å². The van der Waals surface area contributed by atoms with Gasteiger partial charge in [0.05, 0.1) is 6.04 Å². The van der Waals surface area contributed by atoms with Gasteiger partial charge in [-0.25, -0.2) is 0 Å². The molecular weight excluding hydrogens is 344 g/mol. The molecule has 0 aromatic heterocycles. The molecule has 1 N–H and O–H groups in total. The fourth-order valence-electron chi connectivity index (χ4n) is 7.24. The van der Waals surface area contributed by atoms with Gasteiger partial charge in [0.1, 0.15) is 0 Å². The minimum absolute atomic E-state index is 0.0333. The maximum Gasteiger partial charge on any atom is 0.226 e. The summed E-state index contributed by atoms with van der Waals surface area (Å²) in [6, 6.07) is 9.29. The van der Waals surface area contributed by atoms with Crippen molar-refractivity contribution in [3.05, 3.63) is 35.4 Å². The van der Waals surface area contributed by atoms with E-state index >= 15 is 0 Å². The lowest BCUT2D eigenvalue weighted by molar-refractivity contribution is -0.146. The quantitative estimate of drug-likeness (QED) is 0.791. The number of likely N-dealkylation sites (tertiary alicyclic amines) is 1. The molecule has 5 fully saturated rings. The summed E-state index contributed by atoms with van der Waals surface area (Å²) in [6.07, 6.45) is 11.6. The van der Waals surface area contributed by atoms with E-state index in [0.29, 0.717) is 11.9 Å². The Morgan fingerprint density at radius 2 is 1.57 bits per heavy atom. The van der Waals surface area contributed by atoms with E-state index in [2.05, 4.69) is 41.4 Å². The van der Waals surface area contributed by atoms with Gasteiger partial charge in [-0.05, 0) is 94.7 Å². The number of aryl methyl sites for hydroxylation is 1. The number of rotatable bonds is 5. The van der Waals surface area contributed by atoms with E-state index in [1.807, 2.05) is 0 Å². The summed E-state index contributed by atoms with van der Waals surface area (Å²) in [5.74, 6) is 2.85. The van der Waals surface area contributed by atoms with Crippen LogP contribution in [-0.2, 0) is 4.79 Å². The highest BCUT2D eigenvalue weighted by atomic mass is 16.2. The van der Waals surface area contributed by atoms with Crippen molar-refractivity contribution in [2.45, 2.75) is 70.8 Å². The molecule has 1 aromatic rings. The van der Waals surface area contributed by atoms with Gasteiger partial charge in [-0.3, -0.25) is 9.69 Å². The lowest BCUT2D eigenvalue weighted by atomic mass is 9.49. The summed E-state index contributed by atoms with van der Waals surface area (Å²) < 4.78 is 0. The van der Waals surface area contributed by atoms with Crippen molar-refractivity contribution in [2.75, 3.05) is 19.6 Å². The second kappa shape index (κ2) is 7.48. The van der Waals surface area contributed by atoms with Gasteiger partial charge >= 0.3 is 0 Å². The van der Waals surface area contributed by atoms with Crippen LogP contribution in [-0.4, -0.2) is 30.4 Å². The van der Waals surface area contributed by atoms with Gasteiger partial charge in [0.2, 0.25) is 5.91 Å². The van der Waals surface area contributed by atoms with Crippen molar-refractivity contribution < 1.29 is 4.79 Å². The van der Waals surface area contributed by atoms with Crippen LogP contribution in [0.15, 0.2) is 24.3 Å². The third kappa shape index (κ3) is 3.51. The summed E-state index contributed by atoms with van der Waals surface area (Å²) >= 11 is 0. The van der Waals surface area contributed by atoms with Crippen molar-refractivity contribution in [1.82, 2.24) is 10.2 Å². The van der Waals surface area contributed by atoms with Crippen LogP contribution < -0.4 is 5.32 Å². The monoisotopic (exact) mass is 380 g/mol. The molecule has 0 radical (unpaired) electrons. The first-order valence-corrected chi connectivity index (χ1v) is 11.7. The van der Waals surface area contributed by atoms with Gasteiger partial charge in [-0.15, -0.1) is 0 Å². The zero-order chi connectivity index (χ0) is 19.1. The first-order valence-electron chi connectivity index (χ1n) is 11.7. The van der Waals surface area contributed by atoms with Gasteiger partial charge in [0.15, 0.2) is 0 Å². The number of piperidine rings is 1. The number of amides is 1. The fraction of sp³-hybridized carbons (Fsp3) is 0.720. The molecule has 3 heteroatoms. The molecule has 5 aliphatic rings. The van der Waals surface area contributed by atoms with Crippen LogP contribution >= 0.6 is 0 Å². The Bertz CT molecular complexity index is 668.